The Kier molecular flexibility index (Phi) is 11.3. The first-order valence-corrected chi connectivity index (χ1v) is 15.8. The minimum atomic E-state index is -2.21. The van der Waals surface area contributed by atoms with Crippen molar-refractivity contribution in [3.05, 3.63) is 0 Å². The summed E-state index contributed by atoms with van der Waals surface area (Å²) in [6.45, 7) is 16.2. The molecule has 3 rings (SSSR count). The lowest BCUT2D eigenvalue weighted by atomic mass is 9.75. The number of Topliss-reactive ketones (excluding diaryl/α,β-unsaturated/α-hetero) is 1. The van der Waals surface area contributed by atoms with Crippen molar-refractivity contribution in [2.45, 2.75) is 137 Å². The number of rotatable bonds is 9. The van der Waals surface area contributed by atoms with Gasteiger partial charge in [-0.05, 0) is 86.9 Å². The second kappa shape index (κ2) is 13.6. The summed E-state index contributed by atoms with van der Waals surface area (Å²) in [5.41, 5.74) is 0. The van der Waals surface area contributed by atoms with Crippen molar-refractivity contribution in [1.29, 1.82) is 0 Å². The van der Waals surface area contributed by atoms with Crippen LogP contribution in [0.5, 0.6) is 0 Å². The van der Waals surface area contributed by atoms with E-state index in [4.69, 9.17) is 9.47 Å². The van der Waals surface area contributed by atoms with Crippen LogP contribution in [0.25, 0.3) is 0 Å². The van der Waals surface area contributed by atoms with E-state index in [0.717, 1.165) is 32.1 Å². The van der Waals surface area contributed by atoms with Crippen LogP contribution in [0, 0.1) is 41.4 Å². The van der Waals surface area contributed by atoms with Gasteiger partial charge < -0.3 is 24.6 Å². The zero-order valence-electron chi connectivity index (χ0n) is 26.1. The summed E-state index contributed by atoms with van der Waals surface area (Å²) in [6, 6.07) is -0.863. The van der Waals surface area contributed by atoms with Crippen molar-refractivity contribution in [1.82, 2.24) is 4.90 Å². The molecule has 0 aromatic carbocycles. The van der Waals surface area contributed by atoms with Gasteiger partial charge in [0.1, 0.15) is 12.1 Å². The number of aliphatic hydroxyl groups is 2. The lowest BCUT2D eigenvalue weighted by molar-refractivity contribution is -0.280. The zero-order chi connectivity index (χ0) is 29.9. The van der Waals surface area contributed by atoms with E-state index in [1.165, 1.54) is 4.90 Å². The predicted molar refractivity (Wildman–Crippen MR) is 153 cm³/mol. The molecule has 2 saturated heterocycles. The summed E-state index contributed by atoms with van der Waals surface area (Å²) in [6.07, 6.45) is 5.16. The number of amides is 1. The molecule has 10 unspecified atom stereocenters. The van der Waals surface area contributed by atoms with E-state index >= 15 is 0 Å². The number of nitrogens with zero attached hydrogens (tertiary/aromatic N) is 1. The molecule has 0 aromatic heterocycles. The van der Waals surface area contributed by atoms with Crippen molar-refractivity contribution < 1.29 is 34.1 Å². The van der Waals surface area contributed by atoms with Gasteiger partial charge >= 0.3 is 5.97 Å². The van der Waals surface area contributed by atoms with Gasteiger partial charge in [-0.2, -0.15) is 0 Å². The number of aliphatic hydroxyl groups excluding tert-OH is 1. The molecule has 0 spiro atoms. The van der Waals surface area contributed by atoms with Gasteiger partial charge in [-0.1, -0.05) is 55.4 Å². The molecule has 8 nitrogen and oxygen atoms in total. The highest BCUT2D eigenvalue weighted by molar-refractivity contribution is 6.39. The molecule has 2 N–H and O–H groups in total. The van der Waals surface area contributed by atoms with Crippen LogP contribution < -0.4 is 0 Å². The number of esters is 1. The summed E-state index contributed by atoms with van der Waals surface area (Å²) >= 11 is 0. The summed E-state index contributed by atoms with van der Waals surface area (Å²) in [4.78, 5) is 42.0. The van der Waals surface area contributed by atoms with E-state index in [1.54, 1.807) is 6.92 Å². The van der Waals surface area contributed by atoms with Gasteiger partial charge in [0.15, 0.2) is 0 Å². The zero-order valence-corrected chi connectivity index (χ0v) is 26.1. The number of hydrogen-bond acceptors (Lipinski definition) is 7. The first kappa shape index (κ1) is 33.0. The van der Waals surface area contributed by atoms with Gasteiger partial charge in [0.05, 0.1) is 12.2 Å². The smallest absolute Gasteiger partial charge is 0.329 e. The standard InChI is InChI=1S/C32H55NO7/c1-18(2)27(22(7)16-24-13-12-20(5)26(34)17-24)39-31(37)25-11-9-10-14-33(25)30(36)29(35)32(38)23(8)15-21(6)28(40-32)19(3)4/h18-28,34,38H,9-17H2,1-8H3. The highest BCUT2D eigenvalue weighted by atomic mass is 16.6. The summed E-state index contributed by atoms with van der Waals surface area (Å²) < 4.78 is 12.1. The molecular weight excluding hydrogens is 510 g/mol. The monoisotopic (exact) mass is 565 g/mol. The first-order valence-electron chi connectivity index (χ1n) is 15.8. The second-order valence-electron chi connectivity index (χ2n) is 14.1. The molecule has 2 heterocycles. The lowest BCUT2D eigenvalue weighted by Gasteiger charge is -2.46. The van der Waals surface area contributed by atoms with Gasteiger partial charge in [-0.3, -0.25) is 9.59 Å². The predicted octanol–water partition coefficient (Wildman–Crippen LogP) is 4.73. The second-order valence-corrected chi connectivity index (χ2v) is 14.1. The molecule has 1 amide bonds. The number of likely N-dealkylation sites (tertiary alicyclic amines) is 1. The van der Waals surface area contributed by atoms with Crippen molar-refractivity contribution in [3.63, 3.8) is 0 Å². The quantitative estimate of drug-likeness (QED) is 0.307. The highest BCUT2D eigenvalue weighted by Crippen LogP contribution is 2.40. The molecule has 1 aliphatic carbocycles. The van der Waals surface area contributed by atoms with Crippen LogP contribution in [0.2, 0.25) is 0 Å². The Labute approximate surface area is 241 Å². The van der Waals surface area contributed by atoms with Crippen LogP contribution in [0.3, 0.4) is 0 Å². The molecule has 2 aliphatic heterocycles. The van der Waals surface area contributed by atoms with Crippen molar-refractivity contribution >= 4 is 17.7 Å². The Morgan fingerprint density at radius 2 is 1.65 bits per heavy atom. The van der Waals surface area contributed by atoms with Crippen molar-refractivity contribution in [2.75, 3.05) is 6.54 Å². The van der Waals surface area contributed by atoms with Gasteiger partial charge in [0, 0.05) is 12.5 Å². The van der Waals surface area contributed by atoms with Crippen LogP contribution in [0.15, 0.2) is 0 Å². The summed E-state index contributed by atoms with van der Waals surface area (Å²) in [5, 5.41) is 21.8. The SMILES string of the molecule is CC(C)C(OC(=O)C1CCCCN1C(=O)C(=O)C1(O)OC(C(C)C)C(C)CC1C)C(C)CC1CCC(C)C(O)C1. The van der Waals surface area contributed by atoms with Crippen LogP contribution in [-0.4, -0.2) is 69.5 Å². The molecule has 0 radical (unpaired) electrons. The van der Waals surface area contributed by atoms with Crippen LogP contribution in [-0.2, 0) is 23.9 Å². The highest BCUT2D eigenvalue weighted by Gasteiger charge is 2.54. The van der Waals surface area contributed by atoms with Gasteiger partial charge in [0.25, 0.3) is 11.7 Å². The number of carbonyl (C=O) groups excluding carboxylic acids is 3. The molecular formula is C32H55NO7. The Morgan fingerprint density at radius 3 is 2.25 bits per heavy atom. The van der Waals surface area contributed by atoms with E-state index < -0.39 is 35.4 Å². The maximum Gasteiger partial charge on any atom is 0.329 e. The van der Waals surface area contributed by atoms with E-state index in [9.17, 15) is 24.6 Å². The minimum absolute atomic E-state index is 0.0740. The molecule has 3 aliphatic rings. The Balaban J connectivity index is 1.71. The first-order chi connectivity index (χ1) is 18.7. The molecule has 10 atom stereocenters. The van der Waals surface area contributed by atoms with Gasteiger partial charge in [0.2, 0.25) is 5.79 Å². The Hall–Kier alpha value is -1.51. The van der Waals surface area contributed by atoms with E-state index in [0.29, 0.717) is 31.1 Å². The van der Waals surface area contributed by atoms with Gasteiger partial charge in [-0.15, -0.1) is 0 Å². The number of ether oxygens (including phenoxy) is 2. The average Bonchev–Trinajstić information content (AvgIpc) is 2.90. The number of carbonyl (C=O) groups is 3. The molecule has 0 bridgehead atoms. The Morgan fingerprint density at radius 1 is 0.975 bits per heavy atom. The normalized spacial score (nSPS) is 36.8. The number of ketones is 1. The minimum Gasteiger partial charge on any atom is -0.460 e. The lowest BCUT2D eigenvalue weighted by Crippen LogP contribution is -2.62. The maximum atomic E-state index is 13.6. The molecule has 230 valence electrons. The van der Waals surface area contributed by atoms with E-state index in [1.807, 2.05) is 34.6 Å². The van der Waals surface area contributed by atoms with E-state index in [2.05, 4.69) is 13.8 Å². The fourth-order valence-electron chi connectivity index (χ4n) is 7.44. The van der Waals surface area contributed by atoms with Crippen LogP contribution in [0.1, 0.15) is 107 Å². The summed E-state index contributed by atoms with van der Waals surface area (Å²) in [5.74, 6) is -3.99. The van der Waals surface area contributed by atoms with E-state index in [-0.39, 0.29) is 48.5 Å². The third-order valence-electron chi connectivity index (χ3n) is 9.92. The third kappa shape index (κ3) is 7.27. The maximum absolute atomic E-state index is 13.6. The number of hydrogen-bond donors (Lipinski definition) is 2. The van der Waals surface area contributed by atoms with Gasteiger partial charge in [-0.25, -0.2) is 4.79 Å². The average molecular weight is 566 g/mol. The summed E-state index contributed by atoms with van der Waals surface area (Å²) in [7, 11) is 0. The molecule has 8 heteroatoms. The molecule has 1 saturated carbocycles. The van der Waals surface area contributed by atoms with Crippen molar-refractivity contribution in [3.8, 4) is 0 Å². The van der Waals surface area contributed by atoms with Crippen LogP contribution in [0.4, 0.5) is 0 Å². The van der Waals surface area contributed by atoms with Crippen molar-refractivity contribution in [2.24, 2.45) is 41.4 Å². The topological polar surface area (TPSA) is 113 Å². The molecule has 40 heavy (non-hydrogen) atoms. The fourth-order valence-corrected chi connectivity index (χ4v) is 7.44. The molecule has 0 aromatic rings. The number of piperidine rings is 1. The van der Waals surface area contributed by atoms with Crippen LogP contribution >= 0.6 is 0 Å². The molecule has 3 fully saturated rings. The third-order valence-corrected chi connectivity index (χ3v) is 9.92. The largest absolute Gasteiger partial charge is 0.460 e. The fraction of sp³-hybridized carbons (Fsp3) is 0.906. The Bertz CT molecular complexity index is 890.